The molecule has 3 rings (SSSR count). The number of hydrogen-bond acceptors (Lipinski definition) is 10. The first-order valence-electron chi connectivity index (χ1n) is 9.30. The lowest BCUT2D eigenvalue weighted by molar-refractivity contribution is -0.284. The van der Waals surface area contributed by atoms with E-state index in [0.717, 1.165) is 13.8 Å². The molecule has 2 aliphatic heterocycles. The van der Waals surface area contributed by atoms with Crippen LogP contribution in [0.2, 0.25) is 0 Å². The summed E-state index contributed by atoms with van der Waals surface area (Å²) >= 11 is 0. The molecule has 10 nitrogen and oxygen atoms in total. The summed E-state index contributed by atoms with van der Waals surface area (Å²) in [5.41, 5.74) is 0.689. The Morgan fingerprint density at radius 3 is 2.13 bits per heavy atom. The lowest BCUT2D eigenvalue weighted by atomic mass is 10.00. The average molecular weight is 422 g/mol. The first-order chi connectivity index (χ1) is 14.3. The molecular formula is C20H22O10. The molecule has 30 heavy (non-hydrogen) atoms. The molecule has 1 aromatic carbocycles. The zero-order valence-electron chi connectivity index (χ0n) is 16.6. The maximum Gasteiger partial charge on any atom is 0.352 e. The Morgan fingerprint density at radius 2 is 1.53 bits per heavy atom. The summed E-state index contributed by atoms with van der Waals surface area (Å²) in [4.78, 5) is 47.0. The van der Waals surface area contributed by atoms with Crippen molar-refractivity contribution >= 4 is 23.9 Å². The van der Waals surface area contributed by atoms with Crippen molar-refractivity contribution in [2.75, 3.05) is 6.61 Å². The normalized spacial score (nSPS) is 30.8. The van der Waals surface area contributed by atoms with Gasteiger partial charge in [0.2, 0.25) is 6.10 Å². The molecule has 2 heterocycles. The quantitative estimate of drug-likeness (QED) is 0.498. The molecule has 0 bridgehead atoms. The summed E-state index contributed by atoms with van der Waals surface area (Å²) in [7, 11) is 0. The molecule has 10 heteroatoms. The number of hydrogen-bond donors (Lipinski definition) is 0. The van der Waals surface area contributed by atoms with Crippen LogP contribution in [0.1, 0.15) is 32.6 Å². The van der Waals surface area contributed by atoms with E-state index in [9.17, 15) is 19.2 Å². The van der Waals surface area contributed by atoms with Gasteiger partial charge >= 0.3 is 23.9 Å². The van der Waals surface area contributed by atoms with E-state index in [4.69, 9.17) is 28.4 Å². The van der Waals surface area contributed by atoms with Gasteiger partial charge in [-0.25, -0.2) is 4.79 Å². The second kappa shape index (κ2) is 9.23. The fraction of sp³-hybridized carbons (Fsp3) is 0.500. The predicted molar refractivity (Wildman–Crippen MR) is 96.6 cm³/mol. The van der Waals surface area contributed by atoms with Gasteiger partial charge in [-0.05, 0) is 0 Å². The van der Waals surface area contributed by atoms with Gasteiger partial charge in [0, 0.05) is 26.3 Å². The Bertz CT molecular complexity index is 807. The number of ether oxygens (including phenoxy) is 6. The number of cyclic esters (lactones) is 1. The highest BCUT2D eigenvalue weighted by Crippen LogP contribution is 2.35. The van der Waals surface area contributed by atoms with Crippen LogP contribution in [-0.2, 0) is 47.6 Å². The first kappa shape index (κ1) is 21.7. The van der Waals surface area contributed by atoms with Gasteiger partial charge in [0.1, 0.15) is 6.10 Å². The molecule has 0 aliphatic carbocycles. The molecule has 0 amide bonds. The third-order valence-corrected chi connectivity index (χ3v) is 4.47. The van der Waals surface area contributed by atoms with Crippen molar-refractivity contribution in [3.05, 3.63) is 35.9 Å². The molecule has 2 fully saturated rings. The highest BCUT2D eigenvalue weighted by atomic mass is 16.7. The van der Waals surface area contributed by atoms with Crippen LogP contribution < -0.4 is 0 Å². The summed E-state index contributed by atoms with van der Waals surface area (Å²) in [5, 5.41) is 0. The predicted octanol–water partition coefficient (Wildman–Crippen LogP) is 0.821. The summed E-state index contributed by atoms with van der Waals surface area (Å²) in [5.74, 6) is -2.95. The van der Waals surface area contributed by atoms with Gasteiger partial charge in [0.05, 0.1) is 6.61 Å². The standard InChI is InChI=1S/C20H22O10/c1-10(21)26-14-9-25-20(13-7-5-4-6-8-13)30-15(14)16-17(27-11(2)22)18(19(24)29-16)28-12(3)23/h4-8,14-18,20H,9H2,1-3H3/t14-,15-,16+,17-,18-,20-/m1/s1. The van der Waals surface area contributed by atoms with Gasteiger partial charge in [-0.2, -0.15) is 0 Å². The van der Waals surface area contributed by atoms with Crippen LogP contribution in [0.4, 0.5) is 0 Å². The second-order valence-electron chi connectivity index (χ2n) is 6.83. The smallest absolute Gasteiger partial charge is 0.352 e. The average Bonchev–Trinajstić information content (AvgIpc) is 2.97. The molecular weight excluding hydrogens is 400 g/mol. The van der Waals surface area contributed by atoms with Gasteiger partial charge < -0.3 is 28.4 Å². The molecule has 0 N–H and O–H groups in total. The summed E-state index contributed by atoms with van der Waals surface area (Å²) < 4.78 is 32.5. The molecule has 2 saturated heterocycles. The molecule has 1 aromatic rings. The van der Waals surface area contributed by atoms with Crippen molar-refractivity contribution in [3.8, 4) is 0 Å². The van der Waals surface area contributed by atoms with Gasteiger partial charge in [-0.1, -0.05) is 30.3 Å². The molecule has 0 radical (unpaired) electrons. The van der Waals surface area contributed by atoms with Gasteiger partial charge in [0.15, 0.2) is 24.6 Å². The Morgan fingerprint density at radius 1 is 0.900 bits per heavy atom. The Balaban J connectivity index is 1.90. The van der Waals surface area contributed by atoms with Crippen molar-refractivity contribution in [2.24, 2.45) is 0 Å². The molecule has 162 valence electrons. The van der Waals surface area contributed by atoms with Crippen LogP contribution in [0, 0.1) is 0 Å². The van der Waals surface area contributed by atoms with Crippen LogP contribution in [-0.4, -0.2) is 61.0 Å². The van der Waals surface area contributed by atoms with Crippen molar-refractivity contribution in [1.29, 1.82) is 0 Å². The maximum atomic E-state index is 12.3. The highest BCUT2D eigenvalue weighted by Gasteiger charge is 2.56. The fourth-order valence-corrected chi connectivity index (χ4v) is 3.38. The molecule has 6 atom stereocenters. The molecule has 0 spiro atoms. The minimum absolute atomic E-state index is 0.0527. The summed E-state index contributed by atoms with van der Waals surface area (Å²) in [6.07, 6.45) is -6.76. The van der Waals surface area contributed by atoms with E-state index in [1.54, 1.807) is 24.3 Å². The molecule has 0 saturated carbocycles. The van der Waals surface area contributed by atoms with Gasteiger partial charge in [0.25, 0.3) is 0 Å². The van der Waals surface area contributed by atoms with E-state index in [1.807, 2.05) is 6.07 Å². The lowest BCUT2D eigenvalue weighted by Crippen LogP contribution is -2.54. The van der Waals surface area contributed by atoms with Crippen LogP contribution in [0.3, 0.4) is 0 Å². The fourth-order valence-electron chi connectivity index (χ4n) is 3.38. The largest absolute Gasteiger partial charge is 0.457 e. The van der Waals surface area contributed by atoms with E-state index >= 15 is 0 Å². The van der Waals surface area contributed by atoms with Gasteiger partial charge in [-0.3, -0.25) is 14.4 Å². The summed E-state index contributed by atoms with van der Waals surface area (Å²) in [6.45, 7) is 3.42. The second-order valence-corrected chi connectivity index (χ2v) is 6.83. The zero-order valence-corrected chi connectivity index (χ0v) is 16.6. The lowest BCUT2D eigenvalue weighted by Gasteiger charge is -2.39. The monoisotopic (exact) mass is 422 g/mol. The number of esters is 4. The van der Waals surface area contributed by atoms with E-state index in [1.165, 1.54) is 6.92 Å². The Hall–Kier alpha value is -2.98. The number of carbonyl (C=O) groups excluding carboxylic acids is 4. The van der Waals surface area contributed by atoms with E-state index in [-0.39, 0.29) is 6.61 Å². The minimum Gasteiger partial charge on any atom is -0.457 e. The minimum atomic E-state index is -1.46. The number of rotatable bonds is 5. The van der Waals surface area contributed by atoms with E-state index in [2.05, 4.69) is 0 Å². The summed E-state index contributed by atoms with van der Waals surface area (Å²) in [6, 6.07) is 8.97. The van der Waals surface area contributed by atoms with Gasteiger partial charge in [-0.15, -0.1) is 0 Å². The maximum absolute atomic E-state index is 12.3. The van der Waals surface area contributed by atoms with Crippen molar-refractivity contribution in [1.82, 2.24) is 0 Å². The molecule has 0 aromatic heterocycles. The SMILES string of the molecule is CC(=O)O[C@@H]1[C@H]([C@@H]2O[C@H](c3ccccc3)OC[C@H]2OC(C)=O)OC(=O)[C@@H]1OC(C)=O. The van der Waals surface area contributed by atoms with Crippen LogP contribution >= 0.6 is 0 Å². The van der Waals surface area contributed by atoms with Crippen molar-refractivity contribution in [3.63, 3.8) is 0 Å². The van der Waals surface area contributed by atoms with Crippen molar-refractivity contribution < 1.29 is 47.6 Å². The highest BCUT2D eigenvalue weighted by molar-refractivity contribution is 5.82. The molecule has 0 unspecified atom stereocenters. The topological polar surface area (TPSA) is 124 Å². The third-order valence-electron chi connectivity index (χ3n) is 4.47. The van der Waals surface area contributed by atoms with Crippen LogP contribution in [0.25, 0.3) is 0 Å². The van der Waals surface area contributed by atoms with Crippen LogP contribution in [0.5, 0.6) is 0 Å². The van der Waals surface area contributed by atoms with E-state index in [0.29, 0.717) is 5.56 Å². The molecule has 2 aliphatic rings. The zero-order chi connectivity index (χ0) is 21.8. The van der Waals surface area contributed by atoms with Crippen LogP contribution in [0.15, 0.2) is 30.3 Å². The number of benzene rings is 1. The van der Waals surface area contributed by atoms with E-state index < -0.39 is 60.7 Å². The number of carbonyl (C=O) groups is 4. The third kappa shape index (κ3) is 4.95. The Kier molecular flexibility index (Phi) is 6.68. The Labute approximate surface area is 172 Å². The van der Waals surface area contributed by atoms with Crippen molar-refractivity contribution in [2.45, 2.75) is 57.6 Å². The first-order valence-corrected chi connectivity index (χ1v) is 9.30.